The second kappa shape index (κ2) is 7.05. The van der Waals surface area contributed by atoms with Gasteiger partial charge in [0.1, 0.15) is 0 Å². The van der Waals surface area contributed by atoms with Crippen LogP contribution in [0.1, 0.15) is 43.6 Å². The molecule has 0 saturated carbocycles. The molecule has 2 fully saturated rings. The van der Waals surface area contributed by atoms with Gasteiger partial charge in [0.25, 0.3) is 0 Å². The number of hydrogen-bond donors (Lipinski definition) is 1. The van der Waals surface area contributed by atoms with Gasteiger partial charge in [0.2, 0.25) is 11.8 Å². The maximum absolute atomic E-state index is 12.0. The molecule has 3 rings (SSSR count). The number of halogens is 1. The Morgan fingerprint density at radius 2 is 1.71 bits per heavy atom. The van der Waals surface area contributed by atoms with Gasteiger partial charge < -0.3 is 5.32 Å². The molecule has 2 saturated heterocycles. The highest BCUT2D eigenvalue weighted by Crippen LogP contribution is 2.29. The first-order valence-corrected chi connectivity index (χ1v) is 7.42. The molecule has 0 radical (unpaired) electrons. The average Bonchev–Trinajstić information content (AvgIpc) is 2.48. The summed E-state index contributed by atoms with van der Waals surface area (Å²) in [6.45, 7) is 2.08. The van der Waals surface area contributed by atoms with Crippen molar-refractivity contribution in [3.8, 4) is 0 Å². The van der Waals surface area contributed by atoms with Crippen LogP contribution in [0, 0.1) is 0 Å². The molecule has 2 aliphatic heterocycles. The molecule has 2 aliphatic rings. The van der Waals surface area contributed by atoms with E-state index in [1.165, 1.54) is 10.5 Å². The van der Waals surface area contributed by atoms with Gasteiger partial charge >= 0.3 is 0 Å². The summed E-state index contributed by atoms with van der Waals surface area (Å²) < 4.78 is 0. The molecule has 114 valence electrons. The van der Waals surface area contributed by atoms with Crippen LogP contribution in [0.4, 0.5) is 5.69 Å². The van der Waals surface area contributed by atoms with Crippen LogP contribution in [0.3, 0.4) is 0 Å². The summed E-state index contributed by atoms with van der Waals surface area (Å²) in [5, 5.41) is 3.36. The summed E-state index contributed by atoms with van der Waals surface area (Å²) in [4.78, 5) is 25.3. The van der Waals surface area contributed by atoms with Gasteiger partial charge in [-0.3, -0.25) is 14.5 Å². The number of carbonyl (C=O) groups excluding carboxylic acids is 2. The Bertz CT molecular complexity index is 511. The van der Waals surface area contributed by atoms with Crippen LogP contribution < -0.4 is 10.2 Å². The molecular formula is C16H21ClN2O2. The normalized spacial score (nSPS) is 20.3. The topological polar surface area (TPSA) is 49.4 Å². The second-order valence-electron chi connectivity index (χ2n) is 5.60. The zero-order valence-corrected chi connectivity index (χ0v) is 12.8. The van der Waals surface area contributed by atoms with Gasteiger partial charge in [-0.2, -0.15) is 0 Å². The molecule has 4 nitrogen and oxygen atoms in total. The van der Waals surface area contributed by atoms with Crippen LogP contribution in [0.5, 0.6) is 0 Å². The first kappa shape index (κ1) is 16.0. The average molecular weight is 309 g/mol. The number of benzene rings is 1. The third-order valence-electron chi connectivity index (χ3n) is 4.22. The highest BCUT2D eigenvalue weighted by molar-refractivity contribution is 6.16. The van der Waals surface area contributed by atoms with Crippen LogP contribution in [-0.4, -0.2) is 24.9 Å². The smallest absolute Gasteiger partial charge is 0.233 e. The summed E-state index contributed by atoms with van der Waals surface area (Å²) in [5.74, 6) is 0.401. The molecular weight excluding hydrogens is 288 g/mol. The number of imide groups is 1. The maximum atomic E-state index is 12.0. The van der Waals surface area contributed by atoms with E-state index >= 15 is 0 Å². The molecule has 0 aromatic heterocycles. The summed E-state index contributed by atoms with van der Waals surface area (Å²) in [6.07, 6.45) is 3.87. The molecule has 21 heavy (non-hydrogen) atoms. The molecule has 2 amide bonds. The van der Waals surface area contributed by atoms with Gasteiger partial charge in [-0.1, -0.05) is 12.1 Å². The van der Waals surface area contributed by atoms with E-state index in [1.807, 2.05) is 18.2 Å². The monoisotopic (exact) mass is 308 g/mol. The molecule has 1 aromatic carbocycles. The van der Waals surface area contributed by atoms with Crippen molar-refractivity contribution in [3.05, 3.63) is 29.8 Å². The van der Waals surface area contributed by atoms with Gasteiger partial charge in [-0.05, 0) is 56.0 Å². The molecule has 0 bridgehead atoms. The molecule has 1 aromatic rings. The molecule has 1 N–H and O–H groups in total. The lowest BCUT2D eigenvalue weighted by atomic mass is 9.90. The number of rotatable bonds is 2. The lowest BCUT2D eigenvalue weighted by molar-refractivity contribution is -0.129. The van der Waals surface area contributed by atoms with E-state index in [0.29, 0.717) is 25.2 Å². The van der Waals surface area contributed by atoms with Gasteiger partial charge in [0, 0.05) is 12.8 Å². The van der Waals surface area contributed by atoms with Gasteiger partial charge in [-0.25, -0.2) is 0 Å². The van der Waals surface area contributed by atoms with E-state index in [-0.39, 0.29) is 24.2 Å². The van der Waals surface area contributed by atoms with E-state index in [2.05, 4.69) is 11.4 Å². The maximum Gasteiger partial charge on any atom is 0.233 e. The third kappa shape index (κ3) is 3.44. The second-order valence-corrected chi connectivity index (χ2v) is 5.60. The Labute approximate surface area is 131 Å². The predicted molar refractivity (Wildman–Crippen MR) is 84.9 cm³/mol. The summed E-state index contributed by atoms with van der Waals surface area (Å²) in [6, 6.07) is 7.96. The lowest BCUT2D eigenvalue weighted by Gasteiger charge is -2.27. The van der Waals surface area contributed by atoms with Gasteiger partial charge in [0.15, 0.2) is 0 Å². The van der Waals surface area contributed by atoms with Crippen molar-refractivity contribution in [1.82, 2.24) is 5.32 Å². The molecule has 0 aliphatic carbocycles. The van der Waals surface area contributed by atoms with Crippen molar-refractivity contribution in [2.24, 2.45) is 0 Å². The predicted octanol–water partition coefficient (Wildman–Crippen LogP) is 2.62. The molecule has 2 heterocycles. The Hall–Kier alpha value is -1.39. The van der Waals surface area contributed by atoms with Gasteiger partial charge in [0.05, 0.1) is 5.69 Å². The highest BCUT2D eigenvalue weighted by Gasteiger charge is 2.27. The number of piperidine rings is 2. The summed E-state index contributed by atoms with van der Waals surface area (Å²) >= 11 is 0. The lowest BCUT2D eigenvalue weighted by Crippen LogP contribution is -2.40. The van der Waals surface area contributed by atoms with Crippen molar-refractivity contribution < 1.29 is 9.59 Å². The number of anilines is 1. The summed E-state index contributed by atoms with van der Waals surface area (Å²) in [5.41, 5.74) is 1.99. The van der Waals surface area contributed by atoms with E-state index in [0.717, 1.165) is 31.6 Å². The van der Waals surface area contributed by atoms with Gasteiger partial charge in [-0.15, -0.1) is 12.4 Å². The van der Waals surface area contributed by atoms with Crippen molar-refractivity contribution in [2.45, 2.75) is 38.0 Å². The number of hydrogen-bond acceptors (Lipinski definition) is 3. The van der Waals surface area contributed by atoms with E-state index in [1.54, 1.807) is 0 Å². The Morgan fingerprint density at radius 1 is 1.05 bits per heavy atom. The first-order valence-electron chi connectivity index (χ1n) is 7.42. The Kier molecular flexibility index (Phi) is 5.37. The third-order valence-corrected chi connectivity index (χ3v) is 4.22. The van der Waals surface area contributed by atoms with Crippen LogP contribution in [0.15, 0.2) is 24.3 Å². The minimum absolute atomic E-state index is 0. The standard InChI is InChI=1S/C16H20N2O2.ClH/c19-15-5-2-6-16(20)18(15)14-4-1-3-13(11-14)12-7-9-17-10-8-12;/h1,3-4,11-12,17H,2,5-10H2;1H. The molecule has 0 spiro atoms. The zero-order valence-electron chi connectivity index (χ0n) is 12.0. The number of carbonyl (C=O) groups is 2. The Balaban J connectivity index is 0.00000161. The van der Waals surface area contributed by atoms with Crippen molar-refractivity contribution in [1.29, 1.82) is 0 Å². The Morgan fingerprint density at radius 3 is 2.38 bits per heavy atom. The number of nitrogens with zero attached hydrogens (tertiary/aromatic N) is 1. The fourth-order valence-corrected chi connectivity index (χ4v) is 3.11. The number of amides is 2. The van der Waals surface area contributed by atoms with Crippen molar-refractivity contribution in [2.75, 3.05) is 18.0 Å². The van der Waals surface area contributed by atoms with Crippen molar-refractivity contribution >= 4 is 29.9 Å². The zero-order chi connectivity index (χ0) is 13.9. The minimum Gasteiger partial charge on any atom is -0.317 e. The largest absolute Gasteiger partial charge is 0.317 e. The molecule has 5 heteroatoms. The van der Waals surface area contributed by atoms with Crippen LogP contribution >= 0.6 is 12.4 Å². The van der Waals surface area contributed by atoms with Crippen LogP contribution in [-0.2, 0) is 9.59 Å². The van der Waals surface area contributed by atoms with E-state index in [9.17, 15) is 9.59 Å². The molecule has 0 unspecified atom stereocenters. The summed E-state index contributed by atoms with van der Waals surface area (Å²) in [7, 11) is 0. The van der Waals surface area contributed by atoms with Crippen molar-refractivity contribution in [3.63, 3.8) is 0 Å². The highest BCUT2D eigenvalue weighted by atomic mass is 35.5. The van der Waals surface area contributed by atoms with E-state index in [4.69, 9.17) is 0 Å². The van der Waals surface area contributed by atoms with E-state index < -0.39 is 0 Å². The fraction of sp³-hybridized carbons (Fsp3) is 0.500. The molecule has 0 atom stereocenters. The van der Waals surface area contributed by atoms with Crippen LogP contribution in [0.2, 0.25) is 0 Å². The number of nitrogens with one attached hydrogen (secondary N) is 1. The first-order chi connectivity index (χ1) is 9.75. The van der Waals surface area contributed by atoms with Crippen LogP contribution in [0.25, 0.3) is 0 Å². The minimum atomic E-state index is -0.0660. The quantitative estimate of drug-likeness (QED) is 0.854. The SMILES string of the molecule is Cl.O=C1CCCC(=O)N1c1cccc(C2CCNCC2)c1. The fourth-order valence-electron chi connectivity index (χ4n) is 3.11.